The third-order valence-electron chi connectivity index (χ3n) is 10.1. The fraction of sp³-hybridized carbons (Fsp3) is 0.205. The van der Waals surface area contributed by atoms with E-state index in [1.807, 2.05) is 29.6 Å². The van der Waals surface area contributed by atoms with E-state index < -0.39 is 0 Å². The quantitative estimate of drug-likeness (QED) is 0.160. The van der Waals surface area contributed by atoms with E-state index in [1.54, 1.807) is 17.8 Å². The molecule has 0 atom stereocenters. The van der Waals surface area contributed by atoms with Crippen molar-refractivity contribution in [2.45, 2.75) is 56.6 Å². The third-order valence-corrected chi connectivity index (χ3v) is 13.5. The number of carbonyl (C=O) groups is 1. The first-order valence-corrected chi connectivity index (χ1v) is 20.9. The Balaban J connectivity index is 0.000000107. The minimum atomic E-state index is 0.192. The standard InChI is InChI=1S/C16H16N2OS.C16H16N2S.C12H9NS/c19-12-4-6-14-16(10-12)20-15-9-11(3-5-13(15)17-14)18-7-1-2-8-18;1-2-6-15-13(5-1)17-14-8-7-12(11-16(14)19-15)18-9-3-4-10-18;1-3-7-11-9(5-1)13-10-6-2-4-8-12(10)14-11/h3,5-6,9-10,17H,1-2,4,7-8H2;1-2,5-8,11,17H,3-4,9-10H2;1-8,13H. The summed E-state index contributed by atoms with van der Waals surface area (Å²) in [6.45, 7) is 4.72. The Morgan fingerprint density at radius 1 is 0.472 bits per heavy atom. The third kappa shape index (κ3) is 7.56. The average molecular weight is 752 g/mol. The van der Waals surface area contributed by atoms with E-state index in [-0.39, 0.29) is 5.78 Å². The van der Waals surface area contributed by atoms with Crippen LogP contribution in [0.15, 0.2) is 156 Å². The van der Waals surface area contributed by atoms with Crippen LogP contribution in [0.25, 0.3) is 0 Å². The van der Waals surface area contributed by atoms with E-state index in [2.05, 4.69) is 135 Å². The van der Waals surface area contributed by atoms with Gasteiger partial charge in [-0.25, -0.2) is 0 Å². The topological polar surface area (TPSA) is 59.6 Å². The predicted octanol–water partition coefficient (Wildman–Crippen LogP) is 11.9. The van der Waals surface area contributed by atoms with Crippen molar-refractivity contribution in [2.75, 3.05) is 51.9 Å². The molecule has 53 heavy (non-hydrogen) atoms. The molecular weight excluding hydrogens is 711 g/mol. The van der Waals surface area contributed by atoms with E-state index in [4.69, 9.17) is 0 Å². The summed E-state index contributed by atoms with van der Waals surface area (Å²) in [5.41, 5.74) is 9.75. The number of ketones is 1. The van der Waals surface area contributed by atoms with Crippen molar-refractivity contribution in [1.82, 2.24) is 0 Å². The van der Waals surface area contributed by atoms with Crippen LogP contribution >= 0.6 is 35.3 Å². The van der Waals surface area contributed by atoms with E-state index >= 15 is 0 Å². The van der Waals surface area contributed by atoms with Crippen molar-refractivity contribution in [2.24, 2.45) is 0 Å². The molecule has 2 fully saturated rings. The van der Waals surface area contributed by atoms with Crippen LogP contribution in [-0.4, -0.2) is 32.0 Å². The molecule has 266 valence electrons. The Morgan fingerprint density at radius 3 is 1.43 bits per heavy atom. The van der Waals surface area contributed by atoms with Gasteiger partial charge in [0, 0.05) is 79.1 Å². The molecule has 6 nitrogen and oxygen atoms in total. The normalized spacial score (nSPS) is 17.2. The molecule has 2 saturated heterocycles. The summed E-state index contributed by atoms with van der Waals surface area (Å²) in [7, 11) is 0. The largest absolute Gasteiger partial charge is 0.372 e. The molecule has 1 aliphatic carbocycles. The number of nitrogens with zero attached hydrogens (tertiary/aromatic N) is 2. The van der Waals surface area contributed by atoms with Crippen molar-refractivity contribution >= 4 is 80.9 Å². The monoisotopic (exact) mass is 751 g/mol. The molecule has 0 unspecified atom stereocenters. The number of nitrogens with one attached hydrogen (secondary N) is 3. The van der Waals surface area contributed by atoms with Crippen LogP contribution in [0.1, 0.15) is 32.1 Å². The summed E-state index contributed by atoms with van der Waals surface area (Å²) in [5.74, 6) is 0.192. The number of anilines is 7. The summed E-state index contributed by atoms with van der Waals surface area (Å²) >= 11 is 5.39. The molecular formula is C44H41N5OS3. The minimum absolute atomic E-state index is 0.192. The highest BCUT2D eigenvalue weighted by molar-refractivity contribution is 8.03. The van der Waals surface area contributed by atoms with Crippen molar-refractivity contribution in [3.8, 4) is 0 Å². The van der Waals surface area contributed by atoms with Gasteiger partial charge in [0.25, 0.3) is 0 Å². The first-order valence-electron chi connectivity index (χ1n) is 18.5. The first kappa shape index (κ1) is 34.1. The second kappa shape index (κ2) is 15.3. The maximum atomic E-state index is 11.5. The van der Waals surface area contributed by atoms with Gasteiger partial charge in [0.15, 0.2) is 5.78 Å². The van der Waals surface area contributed by atoms with Gasteiger partial charge in [-0.1, -0.05) is 77.8 Å². The lowest BCUT2D eigenvalue weighted by atomic mass is 10.1. The van der Waals surface area contributed by atoms with Gasteiger partial charge >= 0.3 is 0 Å². The Labute approximate surface area is 324 Å². The molecule has 11 rings (SSSR count). The second-order valence-electron chi connectivity index (χ2n) is 13.7. The van der Waals surface area contributed by atoms with E-state index in [9.17, 15) is 4.79 Å². The predicted molar refractivity (Wildman–Crippen MR) is 225 cm³/mol. The number of fused-ring (bicyclic) bond motifs is 6. The van der Waals surface area contributed by atoms with E-state index in [1.165, 1.54) is 97.4 Å². The molecule has 5 aliphatic heterocycles. The van der Waals surface area contributed by atoms with Crippen LogP contribution in [0.3, 0.4) is 0 Å². The molecule has 0 radical (unpaired) electrons. The number of thioether (sulfide) groups is 1. The molecule has 0 bridgehead atoms. The lowest BCUT2D eigenvalue weighted by Gasteiger charge is -2.27. The molecule has 6 aliphatic rings. The molecule has 0 amide bonds. The number of benzene rings is 5. The van der Waals surface area contributed by atoms with Crippen LogP contribution in [-0.2, 0) is 4.79 Å². The van der Waals surface area contributed by atoms with E-state index in [0.29, 0.717) is 6.42 Å². The van der Waals surface area contributed by atoms with Gasteiger partial charge in [0.2, 0.25) is 0 Å². The van der Waals surface area contributed by atoms with Gasteiger partial charge < -0.3 is 25.8 Å². The highest BCUT2D eigenvalue weighted by Gasteiger charge is 2.24. The van der Waals surface area contributed by atoms with Crippen LogP contribution in [0.5, 0.6) is 0 Å². The zero-order valence-electron chi connectivity index (χ0n) is 29.4. The summed E-state index contributed by atoms with van der Waals surface area (Å²) in [4.78, 5) is 24.0. The zero-order chi connectivity index (χ0) is 35.6. The van der Waals surface area contributed by atoms with Gasteiger partial charge in [-0.15, -0.1) is 0 Å². The summed E-state index contributed by atoms with van der Waals surface area (Å²) in [5, 5.41) is 10.4. The molecule has 0 saturated carbocycles. The highest BCUT2D eigenvalue weighted by atomic mass is 32.2. The average Bonchev–Trinajstić information content (AvgIpc) is 3.95. The number of para-hydroxylation sites is 3. The Hall–Kier alpha value is -4.70. The molecule has 0 spiro atoms. The Bertz CT molecular complexity index is 2150. The van der Waals surface area contributed by atoms with Gasteiger partial charge in [-0.05, 0) is 105 Å². The smallest absolute Gasteiger partial charge is 0.160 e. The number of hydrogen-bond acceptors (Lipinski definition) is 9. The fourth-order valence-corrected chi connectivity index (χ4v) is 10.4. The van der Waals surface area contributed by atoms with Crippen LogP contribution in [0.4, 0.5) is 39.8 Å². The SMILES string of the molecule is O=C1C=C2Sc3cc(N4CCCC4)ccc3NC2=CC1.c1ccc2c(c1)Nc1ccc(N3CCCC3)cc1S2.c1ccc2c(c1)Nc1ccccc1S2. The Kier molecular flexibility index (Phi) is 9.87. The molecule has 5 aromatic carbocycles. The lowest BCUT2D eigenvalue weighted by Crippen LogP contribution is -2.18. The lowest BCUT2D eigenvalue weighted by molar-refractivity contribution is -0.113. The van der Waals surface area contributed by atoms with Crippen molar-refractivity contribution < 1.29 is 4.79 Å². The number of carbonyl (C=O) groups excluding carboxylic acids is 1. The van der Waals surface area contributed by atoms with Crippen molar-refractivity contribution in [3.63, 3.8) is 0 Å². The maximum absolute atomic E-state index is 11.5. The number of hydrogen-bond donors (Lipinski definition) is 3. The second-order valence-corrected chi connectivity index (χ2v) is 17.0. The number of allylic oxidation sites excluding steroid dienone is 2. The Morgan fingerprint density at radius 2 is 0.906 bits per heavy atom. The van der Waals surface area contributed by atoms with Crippen molar-refractivity contribution in [1.29, 1.82) is 0 Å². The summed E-state index contributed by atoms with van der Waals surface area (Å²) in [6.07, 6.45) is 9.48. The molecule has 5 aromatic rings. The summed E-state index contributed by atoms with van der Waals surface area (Å²) in [6, 6.07) is 38.6. The van der Waals surface area contributed by atoms with Gasteiger partial charge in [-0.3, -0.25) is 4.79 Å². The first-order chi connectivity index (χ1) is 26.1. The zero-order valence-corrected chi connectivity index (χ0v) is 31.9. The van der Waals surface area contributed by atoms with Gasteiger partial charge in [0.1, 0.15) is 0 Å². The van der Waals surface area contributed by atoms with Crippen LogP contribution in [0.2, 0.25) is 0 Å². The highest BCUT2D eigenvalue weighted by Crippen LogP contribution is 2.47. The molecule has 0 aromatic heterocycles. The van der Waals surface area contributed by atoms with Crippen molar-refractivity contribution in [3.05, 3.63) is 132 Å². The fourth-order valence-electron chi connectivity index (χ4n) is 7.29. The molecule has 9 heteroatoms. The number of rotatable bonds is 2. The van der Waals surface area contributed by atoms with Crippen LogP contribution < -0.4 is 25.8 Å². The summed E-state index contributed by atoms with van der Waals surface area (Å²) < 4.78 is 0. The molecule has 5 heterocycles. The molecule has 3 N–H and O–H groups in total. The minimum Gasteiger partial charge on any atom is -0.372 e. The van der Waals surface area contributed by atoms with Gasteiger partial charge in [0.05, 0.1) is 28.4 Å². The maximum Gasteiger partial charge on any atom is 0.160 e. The van der Waals surface area contributed by atoms with Crippen LogP contribution in [0, 0.1) is 0 Å². The van der Waals surface area contributed by atoms with Gasteiger partial charge in [-0.2, -0.15) is 0 Å². The van der Waals surface area contributed by atoms with E-state index in [0.717, 1.165) is 29.4 Å².